The van der Waals surface area contributed by atoms with Crippen LogP contribution in [0.3, 0.4) is 0 Å². The Labute approximate surface area is 95.9 Å². The molecule has 0 radical (unpaired) electrons. The molecule has 0 saturated carbocycles. The first kappa shape index (κ1) is 12.6. The fraction of sp³-hybridized carbons (Fsp3) is 0.500. The monoisotopic (exact) mass is 222 g/mol. The van der Waals surface area contributed by atoms with E-state index in [-0.39, 0.29) is 5.78 Å². The molecule has 4 nitrogen and oxygen atoms in total. The van der Waals surface area contributed by atoms with Crippen LogP contribution in [0.2, 0.25) is 0 Å². The third kappa shape index (κ3) is 3.62. The summed E-state index contributed by atoms with van der Waals surface area (Å²) in [5.74, 6) is -0.0447. The van der Waals surface area contributed by atoms with Gasteiger partial charge < -0.3 is 10.0 Å². The van der Waals surface area contributed by atoms with E-state index in [1.165, 1.54) is 6.92 Å². The Morgan fingerprint density at radius 2 is 2.12 bits per heavy atom. The number of carbonyl (C=O) groups is 1. The number of pyridine rings is 1. The molecule has 0 aliphatic rings. The maximum absolute atomic E-state index is 11.0. The highest BCUT2D eigenvalue weighted by atomic mass is 16.3. The summed E-state index contributed by atoms with van der Waals surface area (Å²) in [4.78, 5) is 17.0. The predicted octanol–water partition coefficient (Wildman–Crippen LogP) is 1.49. The predicted molar refractivity (Wildman–Crippen MR) is 63.8 cm³/mol. The lowest BCUT2D eigenvalue weighted by Crippen LogP contribution is -2.36. The van der Waals surface area contributed by atoms with Gasteiger partial charge in [-0.2, -0.15) is 0 Å². The van der Waals surface area contributed by atoms with E-state index >= 15 is 0 Å². The van der Waals surface area contributed by atoms with Crippen LogP contribution in [0.5, 0.6) is 0 Å². The summed E-state index contributed by atoms with van der Waals surface area (Å²) >= 11 is 0. The van der Waals surface area contributed by atoms with Gasteiger partial charge >= 0.3 is 0 Å². The molecule has 4 heteroatoms. The van der Waals surface area contributed by atoms with E-state index in [4.69, 9.17) is 0 Å². The molecule has 0 bridgehead atoms. The number of ketones is 1. The maximum Gasteiger partial charge on any atom is 0.178 e. The van der Waals surface area contributed by atoms with Crippen LogP contribution in [0.15, 0.2) is 18.3 Å². The molecule has 0 aliphatic heterocycles. The normalized spacial score (nSPS) is 11.3. The smallest absolute Gasteiger partial charge is 0.178 e. The summed E-state index contributed by atoms with van der Waals surface area (Å²) < 4.78 is 0. The molecule has 0 spiro atoms. The number of nitrogens with zero attached hydrogens (tertiary/aromatic N) is 2. The molecule has 1 rings (SSSR count). The molecule has 0 saturated heterocycles. The zero-order valence-electron chi connectivity index (χ0n) is 10.2. The highest BCUT2D eigenvalue weighted by Crippen LogP contribution is 2.14. The van der Waals surface area contributed by atoms with E-state index in [0.717, 1.165) is 5.69 Å². The molecule has 1 N–H and O–H groups in total. The lowest BCUT2D eigenvalue weighted by Gasteiger charge is -2.26. The number of rotatable bonds is 4. The lowest BCUT2D eigenvalue weighted by atomic mass is 10.1. The van der Waals surface area contributed by atoms with Gasteiger partial charge in [-0.05, 0) is 26.0 Å². The number of hydrogen-bond donors (Lipinski definition) is 1. The molecule has 88 valence electrons. The van der Waals surface area contributed by atoms with Gasteiger partial charge in [-0.25, -0.2) is 0 Å². The van der Waals surface area contributed by atoms with Crippen molar-refractivity contribution in [3.05, 3.63) is 24.0 Å². The Kier molecular flexibility index (Phi) is 3.65. The van der Waals surface area contributed by atoms with Crippen molar-refractivity contribution < 1.29 is 9.90 Å². The molecular formula is C12H18N2O2. The minimum absolute atomic E-state index is 0.0447. The number of aromatic nitrogens is 1. The maximum atomic E-state index is 11.0. The van der Waals surface area contributed by atoms with Crippen LogP contribution < -0.4 is 4.90 Å². The number of anilines is 1. The number of aliphatic hydroxyl groups is 1. The number of Topliss-reactive ketones (excluding diaryl/α,β-unsaturated/α-hetero) is 1. The summed E-state index contributed by atoms with van der Waals surface area (Å²) in [6.45, 7) is 5.50. The molecule has 1 heterocycles. The van der Waals surface area contributed by atoms with Crippen LogP contribution in [0.1, 0.15) is 31.3 Å². The fourth-order valence-corrected chi connectivity index (χ4v) is 1.49. The summed E-state index contributed by atoms with van der Waals surface area (Å²) in [5.41, 5.74) is 0.584. The standard InChI is InChI=1S/C12H18N2O2/c1-9(15)11-6-5-10(7-13-11)14(4)8-12(2,3)16/h5-7,16H,8H2,1-4H3. The van der Waals surface area contributed by atoms with E-state index in [2.05, 4.69) is 4.98 Å². The van der Waals surface area contributed by atoms with Crippen molar-refractivity contribution in [3.63, 3.8) is 0 Å². The molecule has 1 aromatic heterocycles. The van der Waals surface area contributed by atoms with Gasteiger partial charge in [-0.1, -0.05) is 0 Å². The van der Waals surface area contributed by atoms with Crippen molar-refractivity contribution in [2.75, 3.05) is 18.5 Å². The summed E-state index contributed by atoms with van der Waals surface area (Å²) in [7, 11) is 1.88. The minimum Gasteiger partial charge on any atom is -0.389 e. The van der Waals surface area contributed by atoms with Crippen LogP contribution in [0.25, 0.3) is 0 Å². The largest absolute Gasteiger partial charge is 0.389 e. The van der Waals surface area contributed by atoms with E-state index in [9.17, 15) is 9.90 Å². The third-order valence-electron chi connectivity index (χ3n) is 2.17. The third-order valence-corrected chi connectivity index (χ3v) is 2.17. The highest BCUT2D eigenvalue weighted by Gasteiger charge is 2.16. The van der Waals surface area contributed by atoms with Crippen LogP contribution in [-0.2, 0) is 0 Å². The van der Waals surface area contributed by atoms with E-state index < -0.39 is 5.60 Å². The molecule has 1 aromatic rings. The quantitative estimate of drug-likeness (QED) is 0.784. The average Bonchev–Trinajstić information content (AvgIpc) is 2.15. The van der Waals surface area contributed by atoms with E-state index in [0.29, 0.717) is 12.2 Å². The molecule has 0 fully saturated rings. The first-order chi connectivity index (χ1) is 7.29. The van der Waals surface area contributed by atoms with Gasteiger partial charge in [0, 0.05) is 20.5 Å². The summed E-state index contributed by atoms with van der Waals surface area (Å²) in [6, 6.07) is 3.52. The van der Waals surface area contributed by atoms with Crippen LogP contribution >= 0.6 is 0 Å². The van der Waals surface area contributed by atoms with Gasteiger partial charge in [0.15, 0.2) is 5.78 Å². The molecule has 0 unspecified atom stereocenters. The first-order valence-electron chi connectivity index (χ1n) is 5.20. The van der Waals surface area contributed by atoms with Gasteiger partial charge in [0.05, 0.1) is 17.5 Å². The Hall–Kier alpha value is -1.42. The number of likely N-dealkylation sites (N-methyl/N-ethyl adjacent to an activating group) is 1. The highest BCUT2D eigenvalue weighted by molar-refractivity contribution is 5.92. The van der Waals surface area contributed by atoms with Crippen LogP contribution in [-0.4, -0.2) is 35.1 Å². The van der Waals surface area contributed by atoms with Gasteiger partial charge in [0.1, 0.15) is 5.69 Å². The summed E-state index contributed by atoms with van der Waals surface area (Å²) in [5, 5.41) is 9.68. The van der Waals surface area contributed by atoms with Crippen molar-refractivity contribution in [2.24, 2.45) is 0 Å². The SMILES string of the molecule is CC(=O)c1ccc(N(C)CC(C)(C)O)cn1. The van der Waals surface area contributed by atoms with Crippen molar-refractivity contribution in [2.45, 2.75) is 26.4 Å². The van der Waals surface area contributed by atoms with Crippen LogP contribution in [0.4, 0.5) is 5.69 Å². The zero-order chi connectivity index (χ0) is 12.3. The Bertz CT molecular complexity index is 366. The van der Waals surface area contributed by atoms with Crippen LogP contribution in [0, 0.1) is 0 Å². The molecular weight excluding hydrogens is 204 g/mol. The molecule has 0 aromatic carbocycles. The Morgan fingerprint density at radius 1 is 1.50 bits per heavy atom. The molecule has 0 aliphatic carbocycles. The van der Waals surface area contributed by atoms with Gasteiger partial charge in [0.2, 0.25) is 0 Å². The van der Waals surface area contributed by atoms with Crippen molar-refractivity contribution >= 4 is 11.5 Å². The zero-order valence-corrected chi connectivity index (χ0v) is 10.2. The molecule has 16 heavy (non-hydrogen) atoms. The van der Waals surface area contributed by atoms with Crippen molar-refractivity contribution in [1.82, 2.24) is 4.98 Å². The van der Waals surface area contributed by atoms with Crippen molar-refractivity contribution in [1.29, 1.82) is 0 Å². The Balaban J connectivity index is 2.78. The number of hydrogen-bond acceptors (Lipinski definition) is 4. The Morgan fingerprint density at radius 3 is 2.50 bits per heavy atom. The second-order valence-electron chi connectivity index (χ2n) is 4.63. The average molecular weight is 222 g/mol. The topological polar surface area (TPSA) is 53.4 Å². The van der Waals surface area contributed by atoms with E-state index in [1.54, 1.807) is 26.1 Å². The van der Waals surface area contributed by atoms with E-state index in [1.807, 2.05) is 18.0 Å². The molecule has 0 amide bonds. The lowest BCUT2D eigenvalue weighted by molar-refractivity contribution is 0.0885. The minimum atomic E-state index is -0.756. The van der Waals surface area contributed by atoms with Gasteiger partial charge in [-0.15, -0.1) is 0 Å². The summed E-state index contributed by atoms with van der Waals surface area (Å²) in [6.07, 6.45) is 1.64. The second kappa shape index (κ2) is 4.61. The van der Waals surface area contributed by atoms with Gasteiger partial charge in [0.25, 0.3) is 0 Å². The second-order valence-corrected chi connectivity index (χ2v) is 4.63. The first-order valence-corrected chi connectivity index (χ1v) is 5.20. The van der Waals surface area contributed by atoms with Gasteiger partial charge in [-0.3, -0.25) is 9.78 Å². The van der Waals surface area contributed by atoms with Crippen molar-refractivity contribution in [3.8, 4) is 0 Å². The fourth-order valence-electron chi connectivity index (χ4n) is 1.49. The number of carbonyl (C=O) groups excluding carboxylic acids is 1. The molecule has 0 atom stereocenters.